The van der Waals surface area contributed by atoms with Gasteiger partial charge in [-0.05, 0) is 61.4 Å². The van der Waals surface area contributed by atoms with Crippen LogP contribution in [0.2, 0.25) is 0 Å². The number of hydrogen-bond donors (Lipinski definition) is 2. The lowest BCUT2D eigenvalue weighted by molar-refractivity contribution is -0.125. The zero-order chi connectivity index (χ0) is 28.9. The predicted octanol–water partition coefficient (Wildman–Crippen LogP) is 4.36. The molecular formula is C31H30N4O6. The zero-order valence-corrected chi connectivity index (χ0v) is 23.2. The summed E-state index contributed by atoms with van der Waals surface area (Å²) < 4.78 is 16.1. The molecule has 6 rings (SSSR count). The highest BCUT2D eigenvalue weighted by Crippen LogP contribution is 2.46. The van der Waals surface area contributed by atoms with Crippen molar-refractivity contribution >= 4 is 34.4 Å². The van der Waals surface area contributed by atoms with Crippen LogP contribution in [0.1, 0.15) is 34.1 Å². The molecular weight excluding hydrogens is 524 g/mol. The van der Waals surface area contributed by atoms with Gasteiger partial charge in [0, 0.05) is 35.6 Å². The van der Waals surface area contributed by atoms with E-state index in [0.29, 0.717) is 30.2 Å². The lowest BCUT2D eigenvalue weighted by Gasteiger charge is -2.35. The summed E-state index contributed by atoms with van der Waals surface area (Å²) in [6.07, 6.45) is 0.580. The number of rotatable bonds is 7. The van der Waals surface area contributed by atoms with Crippen molar-refractivity contribution < 1.29 is 28.6 Å². The average molecular weight is 555 g/mol. The van der Waals surface area contributed by atoms with Gasteiger partial charge in [0.05, 0.1) is 38.3 Å². The molecule has 10 nitrogen and oxygen atoms in total. The number of hydrogen-bond acceptors (Lipinski definition) is 6. The van der Waals surface area contributed by atoms with Crippen LogP contribution in [-0.4, -0.2) is 55.6 Å². The van der Waals surface area contributed by atoms with Crippen LogP contribution in [-0.2, 0) is 23.3 Å². The Morgan fingerprint density at radius 3 is 2.46 bits per heavy atom. The van der Waals surface area contributed by atoms with Gasteiger partial charge in [0.2, 0.25) is 0 Å². The molecule has 1 atom stereocenters. The Morgan fingerprint density at radius 1 is 0.976 bits per heavy atom. The molecule has 0 spiro atoms. The molecule has 4 aromatic rings. The molecule has 0 radical (unpaired) electrons. The molecule has 2 aliphatic heterocycles. The van der Waals surface area contributed by atoms with E-state index in [4.69, 9.17) is 14.2 Å². The summed E-state index contributed by atoms with van der Waals surface area (Å²) in [5.74, 6) is 1.08. The number of H-pyrrole nitrogens is 1. The topological polar surface area (TPSA) is 113 Å². The summed E-state index contributed by atoms with van der Waals surface area (Å²) in [4.78, 5) is 47.6. The Hall–Kier alpha value is -4.99. The summed E-state index contributed by atoms with van der Waals surface area (Å²) in [5, 5.41) is 3.86. The van der Waals surface area contributed by atoms with Gasteiger partial charge in [0.1, 0.15) is 17.2 Å². The smallest absolute Gasteiger partial charge is 0.332 e. The summed E-state index contributed by atoms with van der Waals surface area (Å²) in [6, 6.07) is 17.2. The number of amides is 4. The number of fused-ring (bicyclic) bond motifs is 5. The summed E-state index contributed by atoms with van der Waals surface area (Å²) >= 11 is 0. The number of nitrogens with one attached hydrogen (secondary N) is 2. The van der Waals surface area contributed by atoms with E-state index in [-0.39, 0.29) is 17.8 Å². The van der Waals surface area contributed by atoms with Crippen molar-refractivity contribution in [1.29, 1.82) is 0 Å². The number of nitrogens with zero attached hydrogens (tertiary/aromatic N) is 2. The van der Waals surface area contributed by atoms with Crippen LogP contribution in [0.5, 0.6) is 17.2 Å². The third kappa shape index (κ3) is 3.97. The molecule has 0 bridgehead atoms. The maximum absolute atomic E-state index is 14.2. The number of urea groups is 1. The normalized spacial score (nSPS) is 17.9. The molecule has 4 amide bonds. The van der Waals surface area contributed by atoms with E-state index in [0.717, 1.165) is 32.7 Å². The fourth-order valence-electron chi connectivity index (χ4n) is 5.89. The number of para-hydroxylation sites is 1. The largest absolute Gasteiger partial charge is 0.497 e. The van der Waals surface area contributed by atoms with E-state index >= 15 is 0 Å². The van der Waals surface area contributed by atoms with E-state index in [9.17, 15) is 14.4 Å². The van der Waals surface area contributed by atoms with Crippen LogP contribution in [0.3, 0.4) is 0 Å². The maximum Gasteiger partial charge on any atom is 0.332 e. The number of carbonyl (C=O) groups is 3. The lowest BCUT2D eigenvalue weighted by Crippen LogP contribution is -2.49. The lowest BCUT2D eigenvalue weighted by atomic mass is 9.87. The standard InChI is InChI=1S/C31H30N4O6/c1-31-27-21(23-15-19(39-2)11-12-24(23)33-27)13-14-34(31)30(38)35(29(31)37)25-8-6-5-7-22(25)28(36)32-17-18-9-10-20(40-3)16-26(18)41-4/h5-12,15-16,33H,13-14,17H2,1-4H3,(H,32,36). The maximum atomic E-state index is 14.2. The quantitative estimate of drug-likeness (QED) is 0.328. The molecule has 1 saturated heterocycles. The molecule has 2 aliphatic rings. The van der Waals surface area contributed by atoms with E-state index in [2.05, 4.69) is 10.3 Å². The minimum atomic E-state index is -1.25. The first-order chi connectivity index (χ1) is 19.8. The first-order valence-corrected chi connectivity index (χ1v) is 13.2. The van der Waals surface area contributed by atoms with Crippen LogP contribution >= 0.6 is 0 Å². The van der Waals surface area contributed by atoms with Gasteiger partial charge in [-0.15, -0.1) is 0 Å². The number of aromatic amines is 1. The number of methoxy groups -OCH3 is 3. The highest BCUT2D eigenvalue weighted by atomic mass is 16.5. The number of imide groups is 1. The SMILES string of the molecule is COc1ccc(CNC(=O)c2ccccc2N2C(=O)N3CCc4c([nH]c5ccc(OC)cc45)C3(C)C2=O)c(OC)c1. The molecule has 2 N–H and O–H groups in total. The van der Waals surface area contributed by atoms with E-state index in [1.54, 1.807) is 69.6 Å². The van der Waals surface area contributed by atoms with Gasteiger partial charge in [-0.3, -0.25) is 9.59 Å². The molecule has 0 saturated carbocycles. The first-order valence-electron chi connectivity index (χ1n) is 13.2. The van der Waals surface area contributed by atoms with Crippen LogP contribution in [0.15, 0.2) is 60.7 Å². The van der Waals surface area contributed by atoms with Gasteiger partial charge in [-0.2, -0.15) is 0 Å². The Bertz CT molecular complexity index is 1710. The summed E-state index contributed by atoms with van der Waals surface area (Å²) in [6.45, 7) is 2.30. The molecule has 210 valence electrons. The summed E-state index contributed by atoms with van der Waals surface area (Å²) in [7, 11) is 4.73. The number of anilines is 1. The molecule has 1 fully saturated rings. The molecule has 3 heterocycles. The van der Waals surface area contributed by atoms with Gasteiger partial charge < -0.3 is 29.4 Å². The van der Waals surface area contributed by atoms with Gasteiger partial charge >= 0.3 is 6.03 Å². The summed E-state index contributed by atoms with van der Waals surface area (Å²) in [5.41, 5.74) is 2.48. The van der Waals surface area contributed by atoms with Crippen LogP contribution in [0.25, 0.3) is 10.9 Å². The molecule has 10 heteroatoms. The van der Waals surface area contributed by atoms with Crippen LogP contribution in [0, 0.1) is 0 Å². The molecule has 41 heavy (non-hydrogen) atoms. The number of ether oxygens (including phenoxy) is 3. The Labute approximate surface area is 236 Å². The zero-order valence-electron chi connectivity index (χ0n) is 23.2. The Morgan fingerprint density at radius 2 is 1.71 bits per heavy atom. The van der Waals surface area contributed by atoms with Crippen molar-refractivity contribution in [3.63, 3.8) is 0 Å². The minimum absolute atomic E-state index is 0.175. The van der Waals surface area contributed by atoms with Gasteiger partial charge in [0.25, 0.3) is 11.8 Å². The first kappa shape index (κ1) is 26.2. The van der Waals surface area contributed by atoms with Crippen LogP contribution < -0.4 is 24.4 Å². The second-order valence-corrected chi connectivity index (χ2v) is 10.2. The predicted molar refractivity (Wildman–Crippen MR) is 153 cm³/mol. The van der Waals surface area contributed by atoms with Crippen molar-refractivity contribution in [2.45, 2.75) is 25.4 Å². The second kappa shape index (κ2) is 9.88. The van der Waals surface area contributed by atoms with Crippen molar-refractivity contribution in [3.05, 3.63) is 83.0 Å². The molecule has 0 aliphatic carbocycles. The molecule has 3 aromatic carbocycles. The van der Waals surface area contributed by atoms with Gasteiger partial charge in [-0.1, -0.05) is 12.1 Å². The van der Waals surface area contributed by atoms with Gasteiger partial charge in [0.15, 0.2) is 5.54 Å². The van der Waals surface area contributed by atoms with Crippen LogP contribution in [0.4, 0.5) is 10.5 Å². The highest BCUT2D eigenvalue weighted by molar-refractivity contribution is 6.25. The van der Waals surface area contributed by atoms with E-state index < -0.39 is 23.4 Å². The fourth-order valence-corrected chi connectivity index (χ4v) is 5.89. The monoisotopic (exact) mass is 554 g/mol. The van der Waals surface area contributed by atoms with E-state index in [1.807, 2.05) is 24.3 Å². The van der Waals surface area contributed by atoms with Crippen molar-refractivity contribution in [1.82, 2.24) is 15.2 Å². The molecule has 1 unspecified atom stereocenters. The number of benzene rings is 3. The van der Waals surface area contributed by atoms with E-state index in [1.165, 1.54) is 0 Å². The second-order valence-electron chi connectivity index (χ2n) is 10.2. The number of carbonyl (C=O) groups excluding carboxylic acids is 3. The average Bonchev–Trinajstić information content (AvgIpc) is 3.47. The number of aromatic nitrogens is 1. The minimum Gasteiger partial charge on any atom is -0.497 e. The Kier molecular flexibility index (Phi) is 6.33. The Balaban J connectivity index is 1.33. The highest BCUT2D eigenvalue weighted by Gasteiger charge is 2.59. The third-order valence-electron chi connectivity index (χ3n) is 8.09. The third-order valence-corrected chi connectivity index (χ3v) is 8.09. The van der Waals surface area contributed by atoms with Gasteiger partial charge in [-0.25, -0.2) is 9.69 Å². The van der Waals surface area contributed by atoms with Crippen molar-refractivity contribution in [2.75, 3.05) is 32.8 Å². The van der Waals surface area contributed by atoms with Crippen molar-refractivity contribution in [3.8, 4) is 17.2 Å². The fraction of sp³-hybridized carbons (Fsp3) is 0.258. The molecule has 1 aromatic heterocycles. The van der Waals surface area contributed by atoms with Crippen molar-refractivity contribution in [2.24, 2.45) is 0 Å².